The van der Waals surface area contributed by atoms with Crippen molar-refractivity contribution in [3.05, 3.63) is 88.7 Å². The topological polar surface area (TPSA) is 56.9 Å². The van der Waals surface area contributed by atoms with Gasteiger partial charge in [-0.3, -0.25) is 4.98 Å². The van der Waals surface area contributed by atoms with Crippen molar-refractivity contribution in [2.45, 2.75) is 32.8 Å². The maximum absolute atomic E-state index is 11.8. The normalized spacial score (nSPS) is 13.6. The maximum atomic E-state index is 11.8. The number of aliphatic hydroxyl groups is 1. The van der Waals surface area contributed by atoms with E-state index >= 15 is 0 Å². The molecule has 2 aromatic carbocycles. The predicted octanol–water partition coefficient (Wildman–Crippen LogP) is 5.75. The summed E-state index contributed by atoms with van der Waals surface area (Å²) in [7, 11) is 0. The molecule has 1 aromatic heterocycles. The third kappa shape index (κ3) is 3.67. The maximum Gasteiger partial charge on any atom is 0.122 e. The van der Waals surface area contributed by atoms with Gasteiger partial charge in [-0.05, 0) is 34.2 Å². The Morgan fingerprint density at radius 1 is 1.04 bits per heavy atom. The third-order valence-corrected chi connectivity index (χ3v) is 5.41. The quantitative estimate of drug-likeness (QED) is 0.617. The Bertz CT molecular complexity index is 1000. The van der Waals surface area contributed by atoms with Gasteiger partial charge in [-0.15, -0.1) is 0 Å². The molecule has 0 spiro atoms. The highest BCUT2D eigenvalue weighted by Crippen LogP contribution is 2.47. The standard InChI is InChI=1S/C24H23ClN2O/c1-23(2,3)24(28,20-5-4-14-27-16-20)21-11-10-19(15-22(21)25)18-8-6-17(7-9-18)12-13-26/h4-11,14-16,28H,12H2,1-3H3. The van der Waals surface area contributed by atoms with Crippen LogP contribution in [-0.2, 0) is 12.0 Å². The lowest BCUT2D eigenvalue weighted by molar-refractivity contribution is -0.0261. The largest absolute Gasteiger partial charge is 0.380 e. The summed E-state index contributed by atoms with van der Waals surface area (Å²) in [5.74, 6) is 0. The first-order valence-electron chi connectivity index (χ1n) is 9.16. The Morgan fingerprint density at radius 2 is 1.71 bits per heavy atom. The number of benzene rings is 2. The molecule has 28 heavy (non-hydrogen) atoms. The first-order chi connectivity index (χ1) is 13.3. The van der Waals surface area contributed by atoms with Crippen molar-refractivity contribution in [3.8, 4) is 17.2 Å². The molecule has 142 valence electrons. The smallest absolute Gasteiger partial charge is 0.122 e. The molecule has 3 nitrogen and oxygen atoms in total. The van der Waals surface area contributed by atoms with E-state index in [0.29, 0.717) is 22.6 Å². The molecule has 0 amide bonds. The summed E-state index contributed by atoms with van der Waals surface area (Å²) in [4.78, 5) is 4.18. The van der Waals surface area contributed by atoms with Gasteiger partial charge in [0, 0.05) is 28.5 Å². The second-order valence-corrected chi connectivity index (χ2v) is 8.34. The lowest BCUT2D eigenvalue weighted by atomic mass is 9.68. The fourth-order valence-corrected chi connectivity index (χ4v) is 3.78. The van der Waals surface area contributed by atoms with Crippen molar-refractivity contribution in [3.63, 3.8) is 0 Å². The molecule has 1 heterocycles. The Labute approximate surface area is 171 Å². The van der Waals surface area contributed by atoms with Gasteiger partial charge in [0.25, 0.3) is 0 Å². The van der Waals surface area contributed by atoms with Crippen molar-refractivity contribution in [2.24, 2.45) is 5.41 Å². The fraction of sp³-hybridized carbons (Fsp3) is 0.250. The molecule has 1 N–H and O–H groups in total. The number of halogens is 1. The molecule has 0 fully saturated rings. The summed E-state index contributed by atoms with van der Waals surface area (Å²) < 4.78 is 0. The molecule has 4 heteroatoms. The van der Waals surface area contributed by atoms with Crippen molar-refractivity contribution >= 4 is 11.6 Å². The summed E-state index contributed by atoms with van der Waals surface area (Å²) in [6.07, 6.45) is 3.76. The van der Waals surface area contributed by atoms with Crippen LogP contribution < -0.4 is 0 Å². The highest BCUT2D eigenvalue weighted by atomic mass is 35.5. The predicted molar refractivity (Wildman–Crippen MR) is 113 cm³/mol. The lowest BCUT2D eigenvalue weighted by Crippen LogP contribution is -2.41. The third-order valence-electron chi connectivity index (χ3n) is 5.09. The van der Waals surface area contributed by atoms with Gasteiger partial charge in [-0.1, -0.05) is 74.8 Å². The molecule has 3 rings (SSSR count). The van der Waals surface area contributed by atoms with E-state index in [0.717, 1.165) is 16.7 Å². The van der Waals surface area contributed by atoms with E-state index in [1.807, 2.05) is 75.4 Å². The molecule has 0 radical (unpaired) electrons. The highest BCUT2D eigenvalue weighted by molar-refractivity contribution is 6.31. The van der Waals surface area contributed by atoms with E-state index in [9.17, 15) is 5.11 Å². The fourth-order valence-electron chi connectivity index (χ4n) is 3.46. The van der Waals surface area contributed by atoms with E-state index in [4.69, 9.17) is 16.9 Å². The molecule has 0 aliphatic heterocycles. The second-order valence-electron chi connectivity index (χ2n) is 7.93. The van der Waals surface area contributed by atoms with Crippen LogP contribution in [-0.4, -0.2) is 10.1 Å². The van der Waals surface area contributed by atoms with Gasteiger partial charge in [-0.25, -0.2) is 0 Å². The zero-order valence-corrected chi connectivity index (χ0v) is 17.0. The molecule has 0 bridgehead atoms. The monoisotopic (exact) mass is 390 g/mol. The minimum Gasteiger partial charge on any atom is -0.380 e. The van der Waals surface area contributed by atoms with Crippen molar-refractivity contribution in [1.29, 1.82) is 5.26 Å². The Hall–Kier alpha value is -2.67. The lowest BCUT2D eigenvalue weighted by Gasteiger charge is -2.41. The number of hydrogen-bond donors (Lipinski definition) is 1. The van der Waals surface area contributed by atoms with Crippen LogP contribution in [0.2, 0.25) is 5.02 Å². The van der Waals surface area contributed by atoms with Crippen molar-refractivity contribution in [1.82, 2.24) is 4.98 Å². The average molecular weight is 391 g/mol. The first-order valence-corrected chi connectivity index (χ1v) is 9.54. The first kappa shape index (κ1) is 20.1. The minimum absolute atomic E-state index is 0.393. The van der Waals surface area contributed by atoms with Crippen molar-refractivity contribution in [2.75, 3.05) is 0 Å². The second kappa shape index (κ2) is 7.75. The van der Waals surface area contributed by atoms with Crippen LogP contribution in [0.4, 0.5) is 0 Å². The van der Waals surface area contributed by atoms with Crippen LogP contribution in [0.1, 0.15) is 37.5 Å². The number of rotatable bonds is 4. The SMILES string of the molecule is CC(C)(C)C(O)(c1cccnc1)c1ccc(-c2ccc(CC#N)cc2)cc1Cl. The van der Waals surface area contributed by atoms with Crippen LogP contribution >= 0.6 is 11.6 Å². The van der Waals surface area contributed by atoms with Crippen LogP contribution in [0, 0.1) is 16.7 Å². The van der Waals surface area contributed by atoms with Crippen LogP contribution in [0.25, 0.3) is 11.1 Å². The number of nitriles is 1. The van der Waals surface area contributed by atoms with Gasteiger partial charge in [-0.2, -0.15) is 5.26 Å². The highest BCUT2D eigenvalue weighted by Gasteiger charge is 2.44. The zero-order chi connectivity index (χ0) is 20.4. The van der Waals surface area contributed by atoms with E-state index in [2.05, 4.69) is 11.1 Å². The van der Waals surface area contributed by atoms with E-state index in [1.54, 1.807) is 12.4 Å². The average Bonchev–Trinajstić information content (AvgIpc) is 2.68. The molecule has 0 aliphatic rings. The number of pyridine rings is 1. The van der Waals surface area contributed by atoms with Gasteiger partial charge in [0.1, 0.15) is 5.60 Å². The molecule has 1 unspecified atom stereocenters. The van der Waals surface area contributed by atoms with Crippen molar-refractivity contribution < 1.29 is 5.11 Å². The van der Waals surface area contributed by atoms with Crippen LogP contribution in [0.15, 0.2) is 67.0 Å². The Morgan fingerprint density at radius 3 is 2.25 bits per heavy atom. The summed E-state index contributed by atoms with van der Waals surface area (Å²) in [6.45, 7) is 5.95. The molecule has 0 aliphatic carbocycles. The molecule has 0 saturated heterocycles. The van der Waals surface area contributed by atoms with Gasteiger partial charge in [0.2, 0.25) is 0 Å². The number of nitrogens with zero attached hydrogens (tertiary/aromatic N) is 2. The number of hydrogen-bond acceptors (Lipinski definition) is 3. The zero-order valence-electron chi connectivity index (χ0n) is 16.3. The van der Waals surface area contributed by atoms with Gasteiger partial charge < -0.3 is 5.11 Å². The van der Waals surface area contributed by atoms with Gasteiger partial charge in [0.15, 0.2) is 0 Å². The molecule has 1 atom stereocenters. The van der Waals surface area contributed by atoms with Crippen LogP contribution in [0.5, 0.6) is 0 Å². The summed E-state index contributed by atoms with van der Waals surface area (Å²) in [5.41, 5.74) is 2.52. The van der Waals surface area contributed by atoms with E-state index in [-0.39, 0.29) is 0 Å². The molecule has 3 aromatic rings. The Kier molecular flexibility index (Phi) is 5.56. The Balaban J connectivity index is 2.06. The van der Waals surface area contributed by atoms with E-state index in [1.165, 1.54) is 0 Å². The molecule has 0 saturated carbocycles. The van der Waals surface area contributed by atoms with Crippen LogP contribution in [0.3, 0.4) is 0 Å². The summed E-state index contributed by atoms with van der Waals surface area (Å²) >= 11 is 6.68. The number of aromatic nitrogens is 1. The summed E-state index contributed by atoms with van der Waals surface area (Å²) in [6, 6.07) is 19.4. The van der Waals surface area contributed by atoms with Gasteiger partial charge >= 0.3 is 0 Å². The molecular weight excluding hydrogens is 368 g/mol. The molecular formula is C24H23ClN2O. The van der Waals surface area contributed by atoms with E-state index < -0.39 is 11.0 Å². The minimum atomic E-state index is -1.28. The van der Waals surface area contributed by atoms with Gasteiger partial charge in [0.05, 0.1) is 12.5 Å². The summed E-state index contributed by atoms with van der Waals surface area (Å²) in [5, 5.41) is 21.1.